The highest BCUT2D eigenvalue weighted by Crippen LogP contribution is 2.34. The van der Waals surface area contributed by atoms with Crippen molar-refractivity contribution in [3.8, 4) is 12.3 Å². The van der Waals surface area contributed by atoms with Crippen LogP contribution in [0.25, 0.3) is 0 Å². The van der Waals surface area contributed by atoms with Crippen LogP contribution in [0.2, 0.25) is 0 Å². The second-order valence-corrected chi connectivity index (χ2v) is 13.6. The van der Waals surface area contributed by atoms with Crippen molar-refractivity contribution in [2.75, 3.05) is 45.8 Å². The fraction of sp³-hybridized carbons (Fsp3) is 0.647. The number of carbonyl (C=O) groups is 4. The lowest BCUT2D eigenvalue weighted by molar-refractivity contribution is -0.136. The van der Waals surface area contributed by atoms with Crippen LogP contribution in [0.1, 0.15) is 93.1 Å². The number of nitrogens with one attached hydrogen (secondary N) is 1. The van der Waals surface area contributed by atoms with E-state index in [4.69, 9.17) is 11.2 Å². The van der Waals surface area contributed by atoms with E-state index in [0.29, 0.717) is 24.6 Å². The van der Waals surface area contributed by atoms with Gasteiger partial charge in [0.05, 0.1) is 0 Å². The first-order valence-electron chi connectivity index (χ1n) is 16.2. The summed E-state index contributed by atoms with van der Waals surface area (Å²) in [4.78, 5) is 58.2. The van der Waals surface area contributed by atoms with Gasteiger partial charge in [-0.1, -0.05) is 24.5 Å². The topological polar surface area (TPSA) is 102 Å². The molecule has 0 bridgehead atoms. The molecule has 0 spiro atoms. The highest BCUT2D eigenvalue weighted by atomic mass is 16.6. The Morgan fingerprint density at radius 3 is 2.43 bits per heavy atom. The first kappa shape index (κ1) is 32.0. The number of likely N-dealkylation sites (tertiary alicyclic amines) is 1. The molecule has 5 rings (SSSR count). The monoisotopic (exact) mass is 605 g/mol. The van der Waals surface area contributed by atoms with Gasteiger partial charge in [-0.3, -0.25) is 24.6 Å². The number of ether oxygens (including phenoxy) is 1. The second-order valence-electron chi connectivity index (χ2n) is 13.6. The number of nitrogens with zero attached hydrogens (tertiary/aromatic N) is 4. The molecule has 1 aromatic rings. The average Bonchev–Trinajstić information content (AvgIpc) is 3.33. The number of rotatable bonds is 8. The van der Waals surface area contributed by atoms with E-state index >= 15 is 0 Å². The van der Waals surface area contributed by atoms with Gasteiger partial charge in [0, 0.05) is 69.8 Å². The zero-order chi connectivity index (χ0) is 31.4. The van der Waals surface area contributed by atoms with E-state index in [-0.39, 0.29) is 30.2 Å². The van der Waals surface area contributed by atoms with E-state index in [2.05, 4.69) is 21.0 Å². The van der Waals surface area contributed by atoms with Crippen molar-refractivity contribution in [1.82, 2.24) is 24.9 Å². The van der Waals surface area contributed by atoms with Crippen LogP contribution >= 0.6 is 0 Å². The lowest BCUT2D eigenvalue weighted by atomic mass is 9.89. The van der Waals surface area contributed by atoms with Crippen molar-refractivity contribution in [3.05, 3.63) is 34.9 Å². The number of amides is 4. The molecular formula is C34H47N5O5. The first-order valence-corrected chi connectivity index (χ1v) is 16.2. The van der Waals surface area contributed by atoms with Gasteiger partial charge in [0.1, 0.15) is 11.6 Å². The number of terminal acetylenes is 1. The molecule has 0 aromatic heterocycles. The van der Waals surface area contributed by atoms with Crippen molar-refractivity contribution in [1.29, 1.82) is 0 Å². The Morgan fingerprint density at radius 1 is 1.05 bits per heavy atom. The van der Waals surface area contributed by atoms with E-state index in [1.54, 1.807) is 4.90 Å². The summed E-state index contributed by atoms with van der Waals surface area (Å²) in [7, 11) is 0. The molecule has 238 valence electrons. The van der Waals surface area contributed by atoms with E-state index in [0.717, 1.165) is 89.0 Å². The van der Waals surface area contributed by atoms with Gasteiger partial charge in [-0.05, 0) is 76.6 Å². The zero-order valence-electron chi connectivity index (χ0n) is 26.5. The molecule has 1 aromatic carbocycles. The Labute approximate surface area is 261 Å². The van der Waals surface area contributed by atoms with Gasteiger partial charge in [-0.2, -0.15) is 0 Å². The highest BCUT2D eigenvalue weighted by molar-refractivity contribution is 6.05. The standard InChI is InChI=1S/C34H47N5O5/c1-5-24(26-10-8-11-27-28(26)23-39(32(27)42)29-12-13-30(40)35-31(29)41)9-6-7-16-36-19-21-37(22-20-36)25-14-17-38(18-15-25)33(43)44-34(2,3)4/h1,8,10-11,24-25,29H,6-7,9,12-23H2,2-4H3,(H,35,40,41). The van der Waals surface area contributed by atoms with Gasteiger partial charge in [-0.25, -0.2) is 4.79 Å². The third-order valence-electron chi connectivity index (χ3n) is 9.45. The molecular weight excluding hydrogens is 558 g/mol. The SMILES string of the molecule is C#CC(CCCCN1CCN(C2CCN(C(=O)OC(C)(C)C)CC2)CC1)c1cccc2c1CN(C1CCC(=O)NC1=O)C2=O. The number of carbonyl (C=O) groups excluding carboxylic acids is 4. The van der Waals surface area contributed by atoms with Crippen LogP contribution in [0, 0.1) is 12.3 Å². The minimum Gasteiger partial charge on any atom is -0.444 e. The summed E-state index contributed by atoms with van der Waals surface area (Å²) in [5.41, 5.74) is 2.06. The molecule has 4 heterocycles. The minimum absolute atomic E-state index is 0.0946. The number of fused-ring (bicyclic) bond motifs is 1. The zero-order valence-corrected chi connectivity index (χ0v) is 26.5. The Kier molecular flexibility index (Phi) is 9.96. The van der Waals surface area contributed by atoms with Crippen molar-refractivity contribution in [2.45, 2.75) is 95.9 Å². The normalized spacial score (nSPS) is 22.9. The molecule has 3 saturated heterocycles. The molecule has 2 unspecified atom stereocenters. The third-order valence-corrected chi connectivity index (χ3v) is 9.45. The molecule has 4 amide bonds. The molecule has 0 radical (unpaired) electrons. The molecule has 10 heteroatoms. The number of benzene rings is 1. The van der Waals surface area contributed by atoms with Gasteiger partial charge in [0.2, 0.25) is 11.8 Å². The van der Waals surface area contributed by atoms with E-state index in [9.17, 15) is 19.2 Å². The van der Waals surface area contributed by atoms with Crippen molar-refractivity contribution >= 4 is 23.8 Å². The number of unbranched alkanes of at least 4 members (excludes halogenated alkanes) is 1. The Morgan fingerprint density at radius 2 is 1.77 bits per heavy atom. The summed E-state index contributed by atoms with van der Waals surface area (Å²) in [6.45, 7) is 12.8. The summed E-state index contributed by atoms with van der Waals surface area (Å²) in [5, 5.41) is 2.37. The van der Waals surface area contributed by atoms with Crippen LogP contribution in [0.4, 0.5) is 4.79 Å². The van der Waals surface area contributed by atoms with E-state index in [1.165, 1.54) is 0 Å². The van der Waals surface area contributed by atoms with Crippen molar-refractivity contribution in [2.24, 2.45) is 0 Å². The highest BCUT2D eigenvalue weighted by Gasteiger charge is 2.40. The molecule has 1 N–H and O–H groups in total. The summed E-state index contributed by atoms with van der Waals surface area (Å²) < 4.78 is 5.54. The molecule has 4 aliphatic rings. The second kappa shape index (κ2) is 13.7. The van der Waals surface area contributed by atoms with Gasteiger partial charge in [0.25, 0.3) is 5.91 Å². The molecule has 3 fully saturated rings. The largest absolute Gasteiger partial charge is 0.444 e. The molecule has 0 aliphatic carbocycles. The average molecular weight is 606 g/mol. The van der Waals surface area contributed by atoms with Crippen LogP contribution in [0.3, 0.4) is 0 Å². The van der Waals surface area contributed by atoms with Crippen LogP contribution in [0.5, 0.6) is 0 Å². The van der Waals surface area contributed by atoms with Gasteiger partial charge >= 0.3 is 6.09 Å². The fourth-order valence-corrected chi connectivity index (χ4v) is 7.04. The van der Waals surface area contributed by atoms with Crippen molar-refractivity contribution < 1.29 is 23.9 Å². The summed E-state index contributed by atoms with van der Waals surface area (Å²) in [6, 6.07) is 5.60. The predicted molar refractivity (Wildman–Crippen MR) is 167 cm³/mol. The lowest BCUT2D eigenvalue weighted by Crippen LogP contribution is -2.54. The maximum absolute atomic E-state index is 13.2. The van der Waals surface area contributed by atoms with Crippen molar-refractivity contribution in [3.63, 3.8) is 0 Å². The fourth-order valence-electron chi connectivity index (χ4n) is 7.04. The summed E-state index contributed by atoms with van der Waals surface area (Å²) in [6.07, 6.45) is 11.3. The molecule has 10 nitrogen and oxygen atoms in total. The minimum atomic E-state index is -0.629. The molecule has 44 heavy (non-hydrogen) atoms. The molecule has 4 aliphatic heterocycles. The predicted octanol–water partition coefficient (Wildman–Crippen LogP) is 3.35. The van der Waals surface area contributed by atoms with Crippen LogP contribution < -0.4 is 5.32 Å². The number of piperidine rings is 2. The molecule has 2 atom stereocenters. The number of piperazine rings is 1. The Bertz CT molecular complexity index is 1280. The smallest absolute Gasteiger partial charge is 0.410 e. The first-order chi connectivity index (χ1) is 21.0. The van der Waals surface area contributed by atoms with Gasteiger partial charge in [-0.15, -0.1) is 6.42 Å². The number of hydrogen-bond donors (Lipinski definition) is 1. The maximum Gasteiger partial charge on any atom is 0.410 e. The maximum atomic E-state index is 13.2. The summed E-state index contributed by atoms with van der Waals surface area (Å²) >= 11 is 0. The Balaban J connectivity index is 1.05. The van der Waals surface area contributed by atoms with Crippen LogP contribution in [-0.4, -0.2) is 107 Å². The number of imide groups is 1. The number of hydrogen-bond acceptors (Lipinski definition) is 7. The van der Waals surface area contributed by atoms with Crippen LogP contribution in [-0.2, 0) is 20.9 Å². The molecule has 0 saturated carbocycles. The quantitative estimate of drug-likeness (QED) is 0.276. The van der Waals surface area contributed by atoms with E-state index < -0.39 is 17.6 Å². The third kappa shape index (κ3) is 7.44. The lowest BCUT2D eigenvalue weighted by Gasteiger charge is -2.42. The van der Waals surface area contributed by atoms with Crippen LogP contribution in [0.15, 0.2) is 18.2 Å². The van der Waals surface area contributed by atoms with E-state index in [1.807, 2.05) is 43.9 Å². The van der Waals surface area contributed by atoms with Gasteiger partial charge in [0.15, 0.2) is 0 Å². The summed E-state index contributed by atoms with van der Waals surface area (Å²) in [5.74, 6) is 2.02. The Hall–Kier alpha value is -3.42. The van der Waals surface area contributed by atoms with Gasteiger partial charge < -0.3 is 19.4 Å².